The van der Waals surface area contributed by atoms with Crippen molar-refractivity contribution in [3.63, 3.8) is 0 Å². The van der Waals surface area contributed by atoms with Crippen LogP contribution in [-0.2, 0) is 16.6 Å². The highest BCUT2D eigenvalue weighted by atomic mass is 32.2. The smallest absolute Gasteiger partial charge is 0.264 e. The number of hydrogen-bond donors (Lipinski definition) is 2. The summed E-state index contributed by atoms with van der Waals surface area (Å²) in [5.41, 5.74) is 8.71. The Morgan fingerprint density at radius 1 is 0.839 bits per heavy atom. The summed E-state index contributed by atoms with van der Waals surface area (Å²) in [6.07, 6.45) is 4.41. The summed E-state index contributed by atoms with van der Waals surface area (Å²) in [6, 6.07) is 26.2. The van der Waals surface area contributed by atoms with Crippen LogP contribution in [-0.4, -0.2) is 20.5 Å². The Hall–Kier alpha value is -2.83. The van der Waals surface area contributed by atoms with Crippen molar-refractivity contribution in [1.82, 2.24) is 0 Å². The van der Waals surface area contributed by atoms with Gasteiger partial charge in [0.15, 0.2) is 0 Å². The van der Waals surface area contributed by atoms with E-state index in [1.54, 1.807) is 12.1 Å². The van der Waals surface area contributed by atoms with Crippen molar-refractivity contribution in [2.45, 2.75) is 49.2 Å². The number of sulfonamides is 1. The van der Waals surface area contributed by atoms with Gasteiger partial charge in [0.25, 0.3) is 10.0 Å². The SMILES string of the molecule is N[C@@H]1CCCC[C@H]1Nc1ccc(S(=O)(=O)N(Cc2ccccc2)c2ccccc2)cc1. The van der Waals surface area contributed by atoms with E-state index in [9.17, 15) is 8.42 Å². The number of anilines is 2. The van der Waals surface area contributed by atoms with E-state index < -0.39 is 10.0 Å². The molecule has 0 spiro atoms. The fraction of sp³-hybridized carbons (Fsp3) is 0.280. The van der Waals surface area contributed by atoms with E-state index in [2.05, 4.69) is 5.32 Å². The van der Waals surface area contributed by atoms with Crippen LogP contribution in [0.4, 0.5) is 11.4 Å². The number of nitrogens with one attached hydrogen (secondary N) is 1. The molecule has 1 fully saturated rings. The van der Waals surface area contributed by atoms with Gasteiger partial charge in [0.2, 0.25) is 0 Å². The molecule has 0 aliphatic heterocycles. The van der Waals surface area contributed by atoms with Crippen LogP contribution < -0.4 is 15.4 Å². The van der Waals surface area contributed by atoms with E-state index in [0.717, 1.165) is 24.1 Å². The van der Waals surface area contributed by atoms with E-state index in [0.29, 0.717) is 5.69 Å². The van der Waals surface area contributed by atoms with Crippen LogP contribution in [0, 0.1) is 0 Å². The lowest BCUT2D eigenvalue weighted by Gasteiger charge is -2.30. The molecular weight excluding hydrogens is 406 g/mol. The normalized spacial score (nSPS) is 19.0. The highest BCUT2D eigenvalue weighted by Crippen LogP contribution is 2.27. The molecule has 2 atom stereocenters. The molecule has 3 aromatic rings. The highest BCUT2D eigenvalue weighted by Gasteiger charge is 2.26. The van der Waals surface area contributed by atoms with Crippen LogP contribution in [0.5, 0.6) is 0 Å². The van der Waals surface area contributed by atoms with E-state index in [4.69, 9.17) is 5.73 Å². The molecule has 0 unspecified atom stereocenters. The van der Waals surface area contributed by atoms with E-state index in [1.165, 1.54) is 17.1 Å². The zero-order valence-electron chi connectivity index (χ0n) is 17.5. The molecule has 3 aromatic carbocycles. The van der Waals surface area contributed by atoms with E-state index >= 15 is 0 Å². The first-order chi connectivity index (χ1) is 15.0. The molecule has 3 N–H and O–H groups in total. The third-order valence-electron chi connectivity index (χ3n) is 5.83. The van der Waals surface area contributed by atoms with Crippen molar-refractivity contribution in [3.8, 4) is 0 Å². The summed E-state index contributed by atoms with van der Waals surface area (Å²) >= 11 is 0. The molecule has 0 heterocycles. The third-order valence-corrected chi connectivity index (χ3v) is 7.62. The summed E-state index contributed by atoms with van der Waals surface area (Å²) < 4.78 is 28.6. The third kappa shape index (κ3) is 5.09. The molecule has 1 saturated carbocycles. The molecule has 5 nitrogen and oxygen atoms in total. The Morgan fingerprint density at radius 3 is 2.10 bits per heavy atom. The number of nitrogens with two attached hydrogens (primary N) is 1. The molecule has 0 amide bonds. The molecule has 0 bridgehead atoms. The first-order valence-corrected chi connectivity index (χ1v) is 12.2. The average molecular weight is 436 g/mol. The Bertz CT molecular complexity index is 1070. The second-order valence-corrected chi connectivity index (χ2v) is 9.92. The summed E-state index contributed by atoms with van der Waals surface area (Å²) in [7, 11) is -3.73. The maximum Gasteiger partial charge on any atom is 0.264 e. The lowest BCUT2D eigenvalue weighted by atomic mass is 9.91. The number of para-hydroxylation sites is 1. The minimum atomic E-state index is -3.73. The van der Waals surface area contributed by atoms with Gasteiger partial charge in [0, 0.05) is 17.8 Å². The Morgan fingerprint density at radius 2 is 1.45 bits per heavy atom. The summed E-state index contributed by atoms with van der Waals surface area (Å²) in [6.45, 7) is 0.268. The molecule has 0 radical (unpaired) electrons. The molecule has 0 saturated heterocycles. The van der Waals surface area contributed by atoms with Crippen molar-refractivity contribution >= 4 is 21.4 Å². The monoisotopic (exact) mass is 435 g/mol. The van der Waals surface area contributed by atoms with Crippen molar-refractivity contribution in [3.05, 3.63) is 90.5 Å². The van der Waals surface area contributed by atoms with Crippen LogP contribution >= 0.6 is 0 Å². The summed E-state index contributed by atoms with van der Waals surface area (Å²) in [5, 5.41) is 3.48. The van der Waals surface area contributed by atoms with Gasteiger partial charge in [0.1, 0.15) is 0 Å². The van der Waals surface area contributed by atoms with Gasteiger partial charge >= 0.3 is 0 Å². The van der Waals surface area contributed by atoms with Gasteiger partial charge in [-0.15, -0.1) is 0 Å². The molecule has 4 rings (SSSR count). The number of rotatable bonds is 7. The van der Waals surface area contributed by atoms with Crippen LogP contribution in [0.25, 0.3) is 0 Å². The van der Waals surface area contributed by atoms with Gasteiger partial charge in [-0.3, -0.25) is 4.31 Å². The number of nitrogens with zero attached hydrogens (tertiary/aromatic N) is 1. The maximum atomic E-state index is 13.6. The second kappa shape index (κ2) is 9.54. The quantitative estimate of drug-likeness (QED) is 0.561. The average Bonchev–Trinajstić information content (AvgIpc) is 2.80. The van der Waals surface area contributed by atoms with E-state index in [1.807, 2.05) is 72.8 Å². The van der Waals surface area contributed by atoms with Crippen molar-refractivity contribution < 1.29 is 8.42 Å². The van der Waals surface area contributed by atoms with Crippen LogP contribution in [0.1, 0.15) is 31.2 Å². The highest BCUT2D eigenvalue weighted by molar-refractivity contribution is 7.92. The van der Waals surface area contributed by atoms with E-state index in [-0.39, 0.29) is 23.5 Å². The van der Waals surface area contributed by atoms with Crippen molar-refractivity contribution in [1.29, 1.82) is 0 Å². The molecule has 1 aliphatic carbocycles. The molecule has 162 valence electrons. The maximum absolute atomic E-state index is 13.6. The lowest BCUT2D eigenvalue weighted by Crippen LogP contribution is -2.42. The number of benzene rings is 3. The van der Waals surface area contributed by atoms with Gasteiger partial charge in [0.05, 0.1) is 17.1 Å². The Balaban J connectivity index is 1.59. The standard InChI is InChI=1S/C25H29N3O2S/c26-24-13-7-8-14-25(24)27-21-15-17-23(18-16-21)31(29,30)28(22-11-5-2-6-12-22)19-20-9-3-1-4-10-20/h1-6,9-12,15-18,24-25,27H,7-8,13-14,19,26H2/t24-,25-/m1/s1. The Labute approximate surface area is 185 Å². The second-order valence-electron chi connectivity index (χ2n) is 8.06. The van der Waals surface area contributed by atoms with Gasteiger partial charge in [-0.1, -0.05) is 61.4 Å². The van der Waals surface area contributed by atoms with Gasteiger partial charge in [-0.25, -0.2) is 8.42 Å². The van der Waals surface area contributed by atoms with Crippen molar-refractivity contribution in [2.75, 3.05) is 9.62 Å². The zero-order valence-corrected chi connectivity index (χ0v) is 18.3. The van der Waals surface area contributed by atoms with Crippen molar-refractivity contribution in [2.24, 2.45) is 5.73 Å². The Kier molecular flexibility index (Phi) is 6.59. The molecular formula is C25H29N3O2S. The molecule has 0 aromatic heterocycles. The summed E-state index contributed by atoms with van der Waals surface area (Å²) in [5.74, 6) is 0. The predicted octanol–water partition coefficient (Wildman–Crippen LogP) is 4.76. The van der Waals surface area contributed by atoms with Gasteiger partial charge in [-0.05, 0) is 54.8 Å². The van der Waals surface area contributed by atoms with Crippen LogP contribution in [0.15, 0.2) is 89.8 Å². The molecule has 31 heavy (non-hydrogen) atoms. The predicted molar refractivity (Wildman–Crippen MR) is 127 cm³/mol. The summed E-state index contributed by atoms with van der Waals surface area (Å²) in [4.78, 5) is 0.269. The van der Waals surface area contributed by atoms with Gasteiger partial charge < -0.3 is 11.1 Å². The minimum absolute atomic E-state index is 0.136. The minimum Gasteiger partial charge on any atom is -0.381 e. The van der Waals surface area contributed by atoms with Crippen LogP contribution in [0.2, 0.25) is 0 Å². The fourth-order valence-corrected chi connectivity index (χ4v) is 5.51. The van der Waals surface area contributed by atoms with Gasteiger partial charge in [-0.2, -0.15) is 0 Å². The fourth-order valence-electron chi connectivity index (χ4n) is 4.06. The topological polar surface area (TPSA) is 75.4 Å². The lowest BCUT2D eigenvalue weighted by molar-refractivity contribution is 0.404. The largest absolute Gasteiger partial charge is 0.381 e. The first kappa shape index (κ1) is 21.4. The zero-order chi connectivity index (χ0) is 21.7. The molecule has 6 heteroatoms. The molecule has 1 aliphatic rings. The number of hydrogen-bond acceptors (Lipinski definition) is 4. The van der Waals surface area contributed by atoms with Crippen LogP contribution in [0.3, 0.4) is 0 Å². The first-order valence-electron chi connectivity index (χ1n) is 10.8.